The Balaban J connectivity index is 2.83. The summed E-state index contributed by atoms with van der Waals surface area (Å²) in [5.74, 6) is -0.348. The van der Waals surface area contributed by atoms with Crippen molar-refractivity contribution in [2.45, 2.75) is 26.2 Å². The Morgan fingerprint density at radius 1 is 1.47 bits per heavy atom. The second-order valence-electron chi connectivity index (χ2n) is 3.40. The van der Waals surface area contributed by atoms with Crippen LogP contribution in [0.2, 0.25) is 5.02 Å². The maximum atomic E-state index is 11.2. The van der Waals surface area contributed by atoms with E-state index in [9.17, 15) is 4.79 Å². The van der Waals surface area contributed by atoms with Crippen molar-refractivity contribution in [3.8, 4) is 0 Å². The minimum absolute atomic E-state index is 0.348. The van der Waals surface area contributed by atoms with Gasteiger partial charge >= 0.3 is 5.97 Å². The maximum Gasteiger partial charge on any atom is 0.337 e. The first kappa shape index (κ1) is 12.1. The first-order chi connectivity index (χ1) is 7.19. The summed E-state index contributed by atoms with van der Waals surface area (Å²) < 4.78 is 4.61. The maximum absolute atomic E-state index is 11.2. The van der Waals surface area contributed by atoms with Crippen LogP contribution in [0.15, 0.2) is 18.2 Å². The van der Waals surface area contributed by atoms with E-state index in [1.807, 2.05) is 6.07 Å². The van der Waals surface area contributed by atoms with Crippen molar-refractivity contribution < 1.29 is 9.53 Å². The number of rotatable bonds is 4. The largest absolute Gasteiger partial charge is 0.465 e. The summed E-state index contributed by atoms with van der Waals surface area (Å²) >= 11 is 6.06. The summed E-state index contributed by atoms with van der Waals surface area (Å²) in [6.45, 7) is 2.14. The van der Waals surface area contributed by atoms with Crippen LogP contribution in [0.1, 0.15) is 35.7 Å². The fourth-order valence-electron chi connectivity index (χ4n) is 1.36. The highest BCUT2D eigenvalue weighted by atomic mass is 35.5. The molecule has 3 heteroatoms. The lowest BCUT2D eigenvalue weighted by Crippen LogP contribution is -2.01. The SMILES string of the molecule is CCCCc1ccc(C(=O)OC)cc1Cl. The van der Waals surface area contributed by atoms with E-state index in [0.717, 1.165) is 24.8 Å². The second-order valence-corrected chi connectivity index (χ2v) is 3.81. The van der Waals surface area contributed by atoms with Gasteiger partial charge in [0.1, 0.15) is 0 Å². The molecule has 0 fully saturated rings. The molecule has 0 radical (unpaired) electrons. The van der Waals surface area contributed by atoms with Crippen LogP contribution in [0, 0.1) is 0 Å². The molecule has 0 atom stereocenters. The molecule has 2 nitrogen and oxygen atoms in total. The minimum Gasteiger partial charge on any atom is -0.465 e. The van der Waals surface area contributed by atoms with Gasteiger partial charge in [-0.1, -0.05) is 31.0 Å². The van der Waals surface area contributed by atoms with Gasteiger partial charge in [0.05, 0.1) is 12.7 Å². The highest BCUT2D eigenvalue weighted by Crippen LogP contribution is 2.20. The van der Waals surface area contributed by atoms with Crippen LogP contribution < -0.4 is 0 Å². The van der Waals surface area contributed by atoms with Crippen LogP contribution in [0.3, 0.4) is 0 Å². The van der Waals surface area contributed by atoms with E-state index in [0.29, 0.717) is 10.6 Å². The third-order valence-electron chi connectivity index (χ3n) is 2.27. The molecule has 1 rings (SSSR count). The molecule has 0 unspecified atom stereocenters. The molecule has 0 saturated heterocycles. The zero-order valence-corrected chi connectivity index (χ0v) is 9.80. The van der Waals surface area contributed by atoms with E-state index < -0.39 is 0 Å². The molecule has 0 amide bonds. The van der Waals surface area contributed by atoms with Crippen LogP contribution in [-0.2, 0) is 11.2 Å². The number of benzene rings is 1. The molecule has 0 spiro atoms. The lowest BCUT2D eigenvalue weighted by Gasteiger charge is -2.05. The molecule has 0 aromatic heterocycles. The van der Waals surface area contributed by atoms with Gasteiger partial charge in [-0.05, 0) is 30.5 Å². The molecular weight excluding hydrogens is 212 g/mol. The number of ether oxygens (including phenoxy) is 1. The zero-order valence-electron chi connectivity index (χ0n) is 9.05. The third kappa shape index (κ3) is 3.24. The van der Waals surface area contributed by atoms with Crippen molar-refractivity contribution in [3.05, 3.63) is 34.3 Å². The van der Waals surface area contributed by atoms with E-state index in [1.165, 1.54) is 7.11 Å². The van der Waals surface area contributed by atoms with E-state index in [2.05, 4.69) is 11.7 Å². The van der Waals surface area contributed by atoms with Crippen LogP contribution in [0.5, 0.6) is 0 Å². The smallest absolute Gasteiger partial charge is 0.337 e. The predicted molar refractivity (Wildman–Crippen MR) is 61.4 cm³/mol. The lowest BCUT2D eigenvalue weighted by atomic mass is 10.1. The molecule has 1 aromatic rings. The van der Waals surface area contributed by atoms with Gasteiger partial charge < -0.3 is 4.74 Å². The number of unbranched alkanes of at least 4 members (excludes halogenated alkanes) is 1. The Morgan fingerprint density at radius 3 is 2.73 bits per heavy atom. The Kier molecular flexibility index (Phi) is 4.63. The summed E-state index contributed by atoms with van der Waals surface area (Å²) in [5, 5.41) is 0.645. The normalized spacial score (nSPS) is 10.1. The molecule has 1 aromatic carbocycles. The van der Waals surface area contributed by atoms with E-state index in [1.54, 1.807) is 12.1 Å². The number of carbonyl (C=O) groups is 1. The van der Waals surface area contributed by atoms with Crippen molar-refractivity contribution in [1.29, 1.82) is 0 Å². The predicted octanol–water partition coefficient (Wildman–Crippen LogP) is 3.47. The number of aryl methyl sites for hydroxylation is 1. The number of hydrogen-bond acceptors (Lipinski definition) is 2. The zero-order chi connectivity index (χ0) is 11.3. The summed E-state index contributed by atoms with van der Waals surface area (Å²) in [6, 6.07) is 5.31. The molecular formula is C12H15ClO2. The fraction of sp³-hybridized carbons (Fsp3) is 0.417. The Bertz CT molecular complexity index is 347. The summed E-state index contributed by atoms with van der Waals surface area (Å²) in [6.07, 6.45) is 3.20. The van der Waals surface area contributed by atoms with Gasteiger partial charge in [-0.2, -0.15) is 0 Å². The van der Waals surface area contributed by atoms with Crippen molar-refractivity contribution in [3.63, 3.8) is 0 Å². The van der Waals surface area contributed by atoms with Crippen molar-refractivity contribution >= 4 is 17.6 Å². The number of carbonyl (C=O) groups excluding carboxylic acids is 1. The van der Waals surface area contributed by atoms with Crippen molar-refractivity contribution in [2.24, 2.45) is 0 Å². The van der Waals surface area contributed by atoms with Gasteiger partial charge in [0.25, 0.3) is 0 Å². The quantitative estimate of drug-likeness (QED) is 0.735. The topological polar surface area (TPSA) is 26.3 Å². The van der Waals surface area contributed by atoms with Gasteiger partial charge in [0.2, 0.25) is 0 Å². The molecule has 0 bridgehead atoms. The Hall–Kier alpha value is -1.02. The van der Waals surface area contributed by atoms with Crippen molar-refractivity contribution in [1.82, 2.24) is 0 Å². The van der Waals surface area contributed by atoms with Gasteiger partial charge in [0, 0.05) is 5.02 Å². The van der Waals surface area contributed by atoms with Gasteiger partial charge in [-0.3, -0.25) is 0 Å². The second kappa shape index (κ2) is 5.76. The first-order valence-electron chi connectivity index (χ1n) is 5.05. The summed E-state index contributed by atoms with van der Waals surface area (Å²) in [5.41, 5.74) is 1.59. The van der Waals surface area contributed by atoms with Gasteiger partial charge in [-0.25, -0.2) is 4.79 Å². The third-order valence-corrected chi connectivity index (χ3v) is 2.63. The standard InChI is InChI=1S/C12H15ClO2/c1-3-4-5-9-6-7-10(8-11(9)13)12(14)15-2/h6-8H,3-5H2,1-2H3. The average molecular weight is 227 g/mol. The number of halogens is 1. The van der Waals surface area contributed by atoms with E-state index >= 15 is 0 Å². The molecule has 0 saturated carbocycles. The van der Waals surface area contributed by atoms with Gasteiger partial charge in [0.15, 0.2) is 0 Å². The molecule has 15 heavy (non-hydrogen) atoms. The van der Waals surface area contributed by atoms with Crippen LogP contribution in [0.25, 0.3) is 0 Å². The van der Waals surface area contributed by atoms with Crippen molar-refractivity contribution in [2.75, 3.05) is 7.11 Å². The monoisotopic (exact) mass is 226 g/mol. The van der Waals surface area contributed by atoms with E-state index in [-0.39, 0.29) is 5.97 Å². The van der Waals surface area contributed by atoms with E-state index in [4.69, 9.17) is 11.6 Å². The lowest BCUT2D eigenvalue weighted by molar-refractivity contribution is 0.0600. The van der Waals surface area contributed by atoms with Crippen LogP contribution >= 0.6 is 11.6 Å². The van der Waals surface area contributed by atoms with Gasteiger partial charge in [-0.15, -0.1) is 0 Å². The highest BCUT2D eigenvalue weighted by molar-refractivity contribution is 6.31. The number of methoxy groups -OCH3 is 1. The minimum atomic E-state index is -0.348. The summed E-state index contributed by atoms with van der Waals surface area (Å²) in [7, 11) is 1.36. The fourth-order valence-corrected chi connectivity index (χ4v) is 1.64. The number of esters is 1. The first-order valence-corrected chi connectivity index (χ1v) is 5.43. The molecule has 82 valence electrons. The Morgan fingerprint density at radius 2 is 2.20 bits per heavy atom. The van der Waals surface area contributed by atoms with Crippen LogP contribution in [-0.4, -0.2) is 13.1 Å². The molecule has 0 aliphatic rings. The Labute approximate surface area is 95.2 Å². The summed E-state index contributed by atoms with van der Waals surface area (Å²) in [4.78, 5) is 11.2. The molecule has 0 heterocycles. The molecule has 0 N–H and O–H groups in total. The molecule has 0 aliphatic carbocycles. The highest BCUT2D eigenvalue weighted by Gasteiger charge is 2.07. The average Bonchev–Trinajstić information content (AvgIpc) is 2.26. The number of hydrogen-bond donors (Lipinski definition) is 0. The molecule has 0 aliphatic heterocycles. The van der Waals surface area contributed by atoms with Crippen LogP contribution in [0.4, 0.5) is 0 Å².